The largest absolute Gasteiger partial charge is 0.508 e. The predicted molar refractivity (Wildman–Crippen MR) is 144 cm³/mol. The van der Waals surface area contributed by atoms with E-state index in [9.17, 15) is 45.6 Å². The maximum Gasteiger partial charge on any atom is 0.229 e. The number of ether oxygens (including phenoxy) is 2. The molecule has 1 fully saturated rings. The zero-order valence-corrected chi connectivity index (χ0v) is 21.4. The first kappa shape index (κ1) is 27.4. The van der Waals surface area contributed by atoms with Gasteiger partial charge in [0, 0.05) is 28.6 Å². The molecule has 5 aromatic rings. The average Bonchev–Trinajstić information content (AvgIpc) is 2.96. The highest BCUT2D eigenvalue weighted by Crippen LogP contribution is 2.47. The van der Waals surface area contributed by atoms with Crippen LogP contribution in [0.3, 0.4) is 0 Å². The molecule has 2 aromatic heterocycles. The summed E-state index contributed by atoms with van der Waals surface area (Å²) in [6.45, 7) is -0.721. The van der Waals surface area contributed by atoms with Crippen LogP contribution in [0.25, 0.3) is 44.6 Å². The lowest BCUT2D eigenvalue weighted by Crippen LogP contribution is -2.60. The molecule has 8 N–H and O–H groups in total. The summed E-state index contributed by atoms with van der Waals surface area (Å²) in [7, 11) is 0. The quantitative estimate of drug-likeness (QED) is 0.139. The van der Waals surface area contributed by atoms with Crippen LogP contribution >= 0.6 is 0 Å². The minimum absolute atomic E-state index is 0.000762. The summed E-state index contributed by atoms with van der Waals surface area (Å²) in [5.41, 5.74) is 0.0534. The number of aromatic hydroxyl groups is 4. The van der Waals surface area contributed by atoms with Crippen LogP contribution in [-0.2, 0) is 4.74 Å². The van der Waals surface area contributed by atoms with Crippen molar-refractivity contribution in [1.29, 1.82) is 0 Å². The van der Waals surface area contributed by atoms with E-state index in [0.29, 0.717) is 5.56 Å². The van der Waals surface area contributed by atoms with Crippen LogP contribution in [0.5, 0.6) is 28.7 Å². The van der Waals surface area contributed by atoms with Crippen LogP contribution in [0.1, 0.15) is 0 Å². The van der Waals surface area contributed by atoms with Crippen LogP contribution in [0.15, 0.2) is 68.2 Å². The van der Waals surface area contributed by atoms with E-state index in [1.165, 1.54) is 30.3 Å². The van der Waals surface area contributed by atoms with E-state index in [2.05, 4.69) is 0 Å². The third-order valence-electron chi connectivity index (χ3n) is 7.03. The first-order valence-corrected chi connectivity index (χ1v) is 12.6. The van der Waals surface area contributed by atoms with Crippen molar-refractivity contribution in [3.63, 3.8) is 0 Å². The van der Waals surface area contributed by atoms with Gasteiger partial charge in [-0.05, 0) is 42.5 Å². The summed E-state index contributed by atoms with van der Waals surface area (Å²) in [5, 5.41) is 81.6. The van der Waals surface area contributed by atoms with Gasteiger partial charge in [-0.15, -0.1) is 0 Å². The Balaban J connectivity index is 1.66. The minimum atomic E-state index is -1.82. The fourth-order valence-corrected chi connectivity index (χ4v) is 4.89. The van der Waals surface area contributed by atoms with Crippen LogP contribution in [-0.4, -0.2) is 78.2 Å². The zero-order valence-electron chi connectivity index (χ0n) is 21.4. The van der Waals surface area contributed by atoms with E-state index < -0.39 is 60.0 Å². The van der Waals surface area contributed by atoms with Gasteiger partial charge in [-0.25, -0.2) is 0 Å². The van der Waals surface area contributed by atoms with Crippen molar-refractivity contribution in [2.24, 2.45) is 0 Å². The third-order valence-corrected chi connectivity index (χ3v) is 7.03. The van der Waals surface area contributed by atoms with Gasteiger partial charge in [-0.1, -0.05) is 0 Å². The van der Waals surface area contributed by atoms with E-state index >= 15 is 0 Å². The van der Waals surface area contributed by atoms with E-state index in [0.717, 1.165) is 12.1 Å². The van der Waals surface area contributed by atoms with Gasteiger partial charge in [0.1, 0.15) is 47.1 Å². The second kappa shape index (κ2) is 10.2. The molecule has 0 radical (unpaired) electrons. The maximum absolute atomic E-state index is 12.6. The SMILES string of the molecule is O=c1cc2oc(-c3ccc(O)cc3)cc3c(O[C@@H]4O[C@H](CO)[C@@H](O)[C@H](O)[C@H]4O)c(-c4cc(O)c(O)c(O)c4)oc(c1)c23. The molecule has 0 amide bonds. The van der Waals surface area contributed by atoms with Crippen molar-refractivity contribution >= 4 is 21.9 Å². The summed E-state index contributed by atoms with van der Waals surface area (Å²) in [4.78, 5) is 12.6. The van der Waals surface area contributed by atoms with Crippen molar-refractivity contribution < 1.29 is 59.2 Å². The summed E-state index contributed by atoms with van der Waals surface area (Å²) in [6.07, 6.45) is -8.24. The Bertz CT molecular complexity index is 1830. The van der Waals surface area contributed by atoms with Gasteiger partial charge < -0.3 is 59.2 Å². The molecule has 1 aliphatic rings. The van der Waals surface area contributed by atoms with Gasteiger partial charge in [0.05, 0.1) is 12.0 Å². The molecule has 13 nitrogen and oxygen atoms in total. The third kappa shape index (κ3) is 4.55. The minimum Gasteiger partial charge on any atom is -0.508 e. The molecule has 1 saturated heterocycles. The number of aliphatic hydroxyl groups excluding tert-OH is 4. The van der Waals surface area contributed by atoms with Gasteiger partial charge in [-0.2, -0.15) is 0 Å². The van der Waals surface area contributed by atoms with E-state index in [-0.39, 0.29) is 50.5 Å². The predicted octanol–water partition coefficient (Wildman–Crippen LogP) is 1.87. The van der Waals surface area contributed by atoms with Crippen molar-refractivity contribution in [3.05, 3.63) is 64.8 Å². The number of hydrogen-bond acceptors (Lipinski definition) is 13. The number of rotatable bonds is 5. The van der Waals surface area contributed by atoms with E-state index in [4.69, 9.17) is 18.3 Å². The molecule has 5 atom stereocenters. The molecule has 0 spiro atoms. The van der Waals surface area contributed by atoms with E-state index in [1.807, 2.05) is 0 Å². The molecule has 42 heavy (non-hydrogen) atoms. The Hall–Kier alpha value is -4.79. The van der Waals surface area contributed by atoms with Crippen LogP contribution in [0.2, 0.25) is 0 Å². The Kier molecular flexibility index (Phi) is 6.68. The summed E-state index contributed by atoms with van der Waals surface area (Å²) in [6, 6.07) is 12.0. The molecule has 0 bridgehead atoms. The molecule has 6 rings (SSSR count). The molecule has 1 aliphatic heterocycles. The van der Waals surface area contributed by atoms with Crippen LogP contribution in [0, 0.1) is 0 Å². The smallest absolute Gasteiger partial charge is 0.229 e. The lowest BCUT2D eigenvalue weighted by molar-refractivity contribution is -0.277. The second-order valence-corrected chi connectivity index (χ2v) is 9.80. The molecule has 0 unspecified atom stereocenters. The lowest BCUT2D eigenvalue weighted by Gasteiger charge is -2.39. The highest BCUT2D eigenvalue weighted by molar-refractivity contribution is 6.10. The molecule has 13 heteroatoms. The number of phenols is 4. The molecule has 0 aliphatic carbocycles. The number of hydrogen-bond donors (Lipinski definition) is 8. The second-order valence-electron chi connectivity index (χ2n) is 9.80. The van der Waals surface area contributed by atoms with Gasteiger partial charge in [0.2, 0.25) is 6.29 Å². The number of benzene rings is 3. The Labute approximate surface area is 234 Å². The monoisotopic (exact) mass is 580 g/mol. The van der Waals surface area contributed by atoms with Gasteiger partial charge >= 0.3 is 0 Å². The fourth-order valence-electron chi connectivity index (χ4n) is 4.89. The Morgan fingerprint density at radius 1 is 0.762 bits per heavy atom. The maximum atomic E-state index is 12.6. The summed E-state index contributed by atoms with van der Waals surface area (Å²) >= 11 is 0. The Morgan fingerprint density at radius 3 is 2.05 bits per heavy atom. The summed E-state index contributed by atoms with van der Waals surface area (Å²) in [5.74, 6) is -2.41. The highest BCUT2D eigenvalue weighted by Gasteiger charge is 2.45. The van der Waals surface area contributed by atoms with Crippen molar-refractivity contribution in [1.82, 2.24) is 0 Å². The number of phenolic OH excluding ortho intramolecular Hbond substituents is 4. The standard InChI is InChI=1S/C29H24O13/c30-10-21-24(36)25(37)26(38)29(41-21)42-28-15-9-18(11-1-3-13(31)4-2-11)39-19-7-14(32)8-20(22(15)19)40-27(28)12-5-16(33)23(35)17(34)6-12/h1-9,21,24-26,29-31,33-38H,10H2/t21-,24-,25+,26-,29+/m1/s1. The normalized spacial score (nSPS) is 22.5. The fraction of sp³-hybridized carbons (Fsp3) is 0.207. The molecule has 3 aromatic carbocycles. The molecular weight excluding hydrogens is 556 g/mol. The van der Waals surface area contributed by atoms with Gasteiger partial charge in [-0.3, -0.25) is 4.79 Å². The molecular formula is C29H24O13. The van der Waals surface area contributed by atoms with Crippen LogP contribution in [0.4, 0.5) is 0 Å². The first-order chi connectivity index (χ1) is 20.0. The molecule has 3 heterocycles. The first-order valence-electron chi connectivity index (χ1n) is 12.6. The topological polar surface area (TPSA) is 224 Å². The molecule has 0 saturated carbocycles. The van der Waals surface area contributed by atoms with Gasteiger partial charge in [0.15, 0.2) is 34.2 Å². The van der Waals surface area contributed by atoms with E-state index in [1.54, 1.807) is 12.1 Å². The van der Waals surface area contributed by atoms with Crippen LogP contribution < -0.4 is 10.2 Å². The summed E-state index contributed by atoms with van der Waals surface area (Å²) < 4.78 is 23.7. The van der Waals surface area contributed by atoms with Crippen molar-refractivity contribution in [2.45, 2.75) is 30.7 Å². The van der Waals surface area contributed by atoms with Crippen molar-refractivity contribution in [2.75, 3.05) is 6.61 Å². The average molecular weight is 580 g/mol. The zero-order chi connectivity index (χ0) is 29.9. The number of aliphatic hydroxyl groups is 4. The Morgan fingerprint density at radius 2 is 1.40 bits per heavy atom. The van der Waals surface area contributed by atoms with Crippen molar-refractivity contribution in [3.8, 4) is 51.4 Å². The highest BCUT2D eigenvalue weighted by atomic mass is 16.7. The molecule has 218 valence electrons. The van der Waals surface area contributed by atoms with Gasteiger partial charge in [0.25, 0.3) is 0 Å². The lowest BCUT2D eigenvalue weighted by atomic mass is 9.99.